The van der Waals surface area contributed by atoms with Gasteiger partial charge in [0.15, 0.2) is 4.80 Å². The van der Waals surface area contributed by atoms with Gasteiger partial charge >= 0.3 is 11.9 Å². The maximum absolute atomic E-state index is 14.0. The number of hydrogen-bond donors (Lipinski definition) is 0. The zero-order valence-corrected chi connectivity index (χ0v) is 21.7. The van der Waals surface area contributed by atoms with Gasteiger partial charge in [-0.25, -0.2) is 9.79 Å². The summed E-state index contributed by atoms with van der Waals surface area (Å²) < 4.78 is 11.8. The Balaban J connectivity index is 1.77. The Bertz CT molecular complexity index is 1730. The summed E-state index contributed by atoms with van der Waals surface area (Å²) in [5, 5.41) is 0. The van der Waals surface area contributed by atoms with E-state index in [-0.39, 0.29) is 21.6 Å². The Labute approximate surface area is 221 Å². The number of nitrogens with zero attached hydrogens (tertiary/aromatic N) is 3. The van der Waals surface area contributed by atoms with Gasteiger partial charge in [-0.2, -0.15) is 0 Å². The molecule has 2 aliphatic rings. The molecule has 0 N–H and O–H groups in total. The summed E-state index contributed by atoms with van der Waals surface area (Å²) in [5.74, 6) is -1.07. The SMILES string of the molecule is C=CCN1C(=O)C(=c2sc3n(c2=O)[C@@H](c2ccc(OC(C)=O)cc2)C(C(=O)OC)=C(C)N=3)c2ccccc21. The first kappa shape index (κ1) is 25.1. The third-order valence-corrected chi connectivity index (χ3v) is 7.38. The van der Waals surface area contributed by atoms with Gasteiger partial charge < -0.3 is 14.4 Å². The van der Waals surface area contributed by atoms with Crippen LogP contribution in [0.3, 0.4) is 0 Å². The van der Waals surface area contributed by atoms with Crippen LogP contribution in [0, 0.1) is 0 Å². The Kier molecular flexibility index (Phi) is 6.41. The summed E-state index contributed by atoms with van der Waals surface area (Å²) >= 11 is 1.10. The number of aromatic nitrogens is 1. The molecule has 5 rings (SSSR count). The van der Waals surface area contributed by atoms with E-state index in [0.29, 0.717) is 39.6 Å². The van der Waals surface area contributed by atoms with E-state index in [2.05, 4.69) is 11.6 Å². The highest BCUT2D eigenvalue weighted by atomic mass is 32.1. The minimum absolute atomic E-state index is 0.197. The van der Waals surface area contributed by atoms with E-state index in [0.717, 1.165) is 11.3 Å². The molecule has 38 heavy (non-hydrogen) atoms. The van der Waals surface area contributed by atoms with Crippen LogP contribution >= 0.6 is 11.3 Å². The molecule has 0 spiro atoms. The lowest BCUT2D eigenvalue weighted by molar-refractivity contribution is -0.136. The Morgan fingerprint density at radius 2 is 1.84 bits per heavy atom. The zero-order valence-electron chi connectivity index (χ0n) is 20.9. The molecule has 0 bridgehead atoms. The van der Waals surface area contributed by atoms with E-state index < -0.39 is 23.5 Å². The quantitative estimate of drug-likeness (QED) is 0.285. The molecule has 1 amide bonds. The van der Waals surface area contributed by atoms with E-state index in [9.17, 15) is 19.2 Å². The Hall–Kier alpha value is -4.57. The molecule has 0 saturated heterocycles. The fourth-order valence-corrected chi connectivity index (χ4v) is 5.89. The van der Waals surface area contributed by atoms with Gasteiger partial charge in [-0.1, -0.05) is 47.7 Å². The molecule has 0 unspecified atom stereocenters. The van der Waals surface area contributed by atoms with Crippen LogP contribution in [0.15, 0.2) is 82.2 Å². The average Bonchev–Trinajstić information content (AvgIpc) is 3.36. The number of esters is 2. The van der Waals surface area contributed by atoms with E-state index >= 15 is 0 Å². The molecule has 192 valence electrons. The second-order valence-corrected chi connectivity index (χ2v) is 9.63. The van der Waals surface area contributed by atoms with Gasteiger partial charge in [-0.15, -0.1) is 6.58 Å². The number of hydrogen-bond acceptors (Lipinski definition) is 8. The number of amides is 1. The number of allylic oxidation sites excluding steroid dienone is 1. The summed E-state index contributed by atoms with van der Waals surface area (Å²) in [6.45, 7) is 7.01. The van der Waals surface area contributed by atoms with Crippen molar-refractivity contribution in [1.29, 1.82) is 0 Å². The van der Waals surface area contributed by atoms with Crippen LogP contribution < -0.4 is 24.5 Å². The van der Waals surface area contributed by atoms with Crippen LogP contribution in [0.4, 0.5) is 5.69 Å². The number of rotatable bonds is 5. The second kappa shape index (κ2) is 9.71. The lowest BCUT2D eigenvalue weighted by Gasteiger charge is -2.24. The fourth-order valence-electron chi connectivity index (χ4n) is 4.75. The minimum atomic E-state index is -0.865. The zero-order chi connectivity index (χ0) is 27.1. The van der Waals surface area contributed by atoms with E-state index in [1.165, 1.54) is 18.6 Å². The van der Waals surface area contributed by atoms with Crippen molar-refractivity contribution in [3.63, 3.8) is 0 Å². The van der Waals surface area contributed by atoms with Crippen LogP contribution in [0.5, 0.6) is 5.75 Å². The number of benzene rings is 2. The lowest BCUT2D eigenvalue weighted by Crippen LogP contribution is -2.40. The number of methoxy groups -OCH3 is 1. The number of carbonyl (C=O) groups excluding carboxylic acids is 3. The van der Waals surface area contributed by atoms with Gasteiger partial charge in [0.25, 0.3) is 11.5 Å². The maximum atomic E-state index is 14.0. The van der Waals surface area contributed by atoms with Crippen molar-refractivity contribution in [2.75, 3.05) is 18.6 Å². The Morgan fingerprint density at radius 1 is 1.13 bits per heavy atom. The third-order valence-electron chi connectivity index (χ3n) is 6.32. The normalized spacial score (nSPS) is 17.5. The molecule has 2 aromatic carbocycles. The summed E-state index contributed by atoms with van der Waals surface area (Å²) in [5.41, 5.74) is 2.36. The molecular formula is C28H23N3O6S. The summed E-state index contributed by atoms with van der Waals surface area (Å²) in [4.78, 5) is 58.3. The van der Waals surface area contributed by atoms with Crippen molar-refractivity contribution in [3.8, 4) is 5.75 Å². The van der Waals surface area contributed by atoms with E-state index in [1.54, 1.807) is 48.2 Å². The van der Waals surface area contributed by atoms with Crippen molar-refractivity contribution in [1.82, 2.24) is 4.57 Å². The van der Waals surface area contributed by atoms with Crippen LogP contribution in [0.25, 0.3) is 5.57 Å². The molecule has 9 nitrogen and oxygen atoms in total. The highest BCUT2D eigenvalue weighted by Crippen LogP contribution is 2.35. The topological polar surface area (TPSA) is 107 Å². The second-order valence-electron chi connectivity index (χ2n) is 8.65. The fraction of sp³-hybridized carbons (Fsp3) is 0.179. The third kappa shape index (κ3) is 3.99. The van der Waals surface area contributed by atoms with E-state index in [1.807, 2.05) is 18.2 Å². The van der Waals surface area contributed by atoms with Crippen LogP contribution in [-0.2, 0) is 19.1 Å². The van der Waals surface area contributed by atoms with Crippen LogP contribution in [-0.4, -0.2) is 36.1 Å². The molecule has 10 heteroatoms. The lowest BCUT2D eigenvalue weighted by atomic mass is 9.96. The Morgan fingerprint density at radius 3 is 2.50 bits per heavy atom. The van der Waals surface area contributed by atoms with Gasteiger partial charge in [0.1, 0.15) is 10.3 Å². The van der Waals surface area contributed by atoms with E-state index in [4.69, 9.17) is 9.47 Å². The number of fused-ring (bicyclic) bond motifs is 2. The molecular weight excluding hydrogens is 506 g/mol. The standard InChI is InChI=1S/C28H23N3O6S/c1-5-14-30-20-9-7-6-8-19(20)22(25(30)33)24-26(34)31-23(17-10-12-18(13-11-17)37-16(3)32)21(27(35)36-4)15(2)29-28(31)38-24/h5-13,23H,1,14H2,2-4H3/t23-/m0/s1. The van der Waals surface area contributed by atoms with Crippen molar-refractivity contribution >= 4 is 40.4 Å². The van der Waals surface area contributed by atoms with Crippen molar-refractivity contribution in [3.05, 3.63) is 103 Å². The smallest absolute Gasteiger partial charge is 0.338 e. The predicted molar refractivity (Wildman–Crippen MR) is 141 cm³/mol. The molecule has 1 atom stereocenters. The van der Waals surface area contributed by atoms with Crippen molar-refractivity contribution in [2.45, 2.75) is 19.9 Å². The predicted octanol–water partition coefficient (Wildman–Crippen LogP) is 2.24. The average molecular weight is 530 g/mol. The molecule has 3 heterocycles. The number of para-hydroxylation sites is 1. The number of ether oxygens (including phenoxy) is 2. The first-order chi connectivity index (χ1) is 18.3. The molecule has 0 saturated carbocycles. The molecule has 0 aliphatic carbocycles. The molecule has 0 fully saturated rings. The first-order valence-electron chi connectivity index (χ1n) is 11.7. The summed E-state index contributed by atoms with van der Waals surface area (Å²) in [6, 6.07) is 12.9. The van der Waals surface area contributed by atoms with Crippen LogP contribution in [0.1, 0.15) is 31.0 Å². The van der Waals surface area contributed by atoms with Gasteiger partial charge in [-0.05, 0) is 30.7 Å². The molecule has 3 aromatic rings. The molecule has 1 aromatic heterocycles. The molecule has 0 radical (unpaired) electrons. The number of anilines is 1. The maximum Gasteiger partial charge on any atom is 0.338 e. The van der Waals surface area contributed by atoms with Gasteiger partial charge in [-0.3, -0.25) is 19.0 Å². The number of carbonyl (C=O) groups is 3. The van der Waals surface area contributed by atoms with Gasteiger partial charge in [0, 0.05) is 19.0 Å². The highest BCUT2D eigenvalue weighted by molar-refractivity contribution is 7.07. The summed E-state index contributed by atoms with van der Waals surface area (Å²) in [7, 11) is 1.26. The minimum Gasteiger partial charge on any atom is -0.466 e. The van der Waals surface area contributed by atoms with Crippen LogP contribution in [0.2, 0.25) is 0 Å². The number of thiazole rings is 1. The largest absolute Gasteiger partial charge is 0.466 e. The van der Waals surface area contributed by atoms with Crippen molar-refractivity contribution < 1.29 is 23.9 Å². The highest BCUT2D eigenvalue weighted by Gasteiger charge is 2.36. The monoisotopic (exact) mass is 529 g/mol. The van der Waals surface area contributed by atoms with Gasteiger partial charge in [0.2, 0.25) is 0 Å². The van der Waals surface area contributed by atoms with Crippen molar-refractivity contribution in [2.24, 2.45) is 4.99 Å². The molecule has 2 aliphatic heterocycles. The summed E-state index contributed by atoms with van der Waals surface area (Å²) in [6.07, 6.45) is 1.63. The first-order valence-corrected chi connectivity index (χ1v) is 12.5. The van der Waals surface area contributed by atoms with Gasteiger partial charge in [0.05, 0.1) is 35.7 Å².